The van der Waals surface area contributed by atoms with Gasteiger partial charge in [0.15, 0.2) is 0 Å². The lowest BCUT2D eigenvalue weighted by Crippen LogP contribution is -2.49. The highest BCUT2D eigenvalue weighted by molar-refractivity contribution is 6.34. The second-order valence-electron chi connectivity index (χ2n) is 8.24. The van der Waals surface area contributed by atoms with Gasteiger partial charge in [-0.15, -0.1) is 0 Å². The quantitative estimate of drug-likeness (QED) is 0.637. The van der Waals surface area contributed by atoms with Crippen LogP contribution in [0.5, 0.6) is 0 Å². The number of carbonyl (C=O) groups excluding carboxylic acids is 2. The first-order valence-corrected chi connectivity index (χ1v) is 11.0. The number of urea groups is 1. The number of halogens is 1. The fourth-order valence-electron chi connectivity index (χ4n) is 3.89. The molecular formula is C24H26ClN5O2. The highest BCUT2D eigenvalue weighted by Gasteiger charge is 2.32. The minimum absolute atomic E-state index is 0.0260. The average Bonchev–Trinajstić information content (AvgIpc) is 3.25. The summed E-state index contributed by atoms with van der Waals surface area (Å²) in [5.41, 5.74) is 2.88. The fourth-order valence-corrected chi connectivity index (χ4v) is 4.15. The summed E-state index contributed by atoms with van der Waals surface area (Å²) in [7, 11) is 0. The zero-order chi connectivity index (χ0) is 22.8. The molecule has 1 aliphatic heterocycles. The topological polar surface area (TPSA) is 70.5 Å². The Bertz CT molecular complexity index is 1130. The van der Waals surface area contributed by atoms with E-state index in [1.807, 2.05) is 63.4 Å². The van der Waals surface area contributed by atoms with E-state index in [2.05, 4.69) is 10.4 Å². The molecule has 1 aromatic heterocycles. The lowest BCUT2D eigenvalue weighted by atomic mass is 10.1. The van der Waals surface area contributed by atoms with Crippen LogP contribution in [0.4, 0.5) is 10.5 Å². The molecule has 1 aliphatic rings. The van der Waals surface area contributed by atoms with Crippen LogP contribution in [0.2, 0.25) is 5.02 Å². The van der Waals surface area contributed by atoms with Crippen LogP contribution in [0.25, 0.3) is 5.69 Å². The monoisotopic (exact) mass is 451 g/mol. The maximum atomic E-state index is 13.6. The maximum Gasteiger partial charge on any atom is 0.318 e. The van der Waals surface area contributed by atoms with Gasteiger partial charge in [0.25, 0.3) is 5.91 Å². The van der Waals surface area contributed by atoms with Crippen LogP contribution >= 0.6 is 11.6 Å². The molecule has 0 bridgehead atoms. The predicted molar refractivity (Wildman–Crippen MR) is 125 cm³/mol. The van der Waals surface area contributed by atoms with Crippen LogP contribution in [-0.2, 0) is 6.54 Å². The summed E-state index contributed by atoms with van der Waals surface area (Å²) in [6, 6.07) is 14.5. The number of anilines is 1. The van der Waals surface area contributed by atoms with Crippen molar-refractivity contribution < 1.29 is 9.59 Å². The third-order valence-corrected chi connectivity index (χ3v) is 5.78. The van der Waals surface area contributed by atoms with Crippen LogP contribution in [0, 0.1) is 0 Å². The van der Waals surface area contributed by atoms with Crippen molar-refractivity contribution in [2.45, 2.75) is 39.4 Å². The fraction of sp³-hybridized carbons (Fsp3) is 0.292. The van der Waals surface area contributed by atoms with Crippen molar-refractivity contribution >= 4 is 29.2 Å². The van der Waals surface area contributed by atoms with Crippen molar-refractivity contribution in [2.75, 3.05) is 11.4 Å². The van der Waals surface area contributed by atoms with Crippen LogP contribution in [-0.4, -0.2) is 45.2 Å². The molecule has 0 fully saturated rings. The Morgan fingerprint density at radius 3 is 2.62 bits per heavy atom. The number of rotatable bonds is 3. The van der Waals surface area contributed by atoms with E-state index >= 15 is 0 Å². The van der Waals surface area contributed by atoms with Gasteiger partial charge in [0.05, 0.1) is 16.3 Å². The average molecular weight is 452 g/mol. The van der Waals surface area contributed by atoms with E-state index in [0.29, 0.717) is 23.7 Å². The molecule has 0 saturated heterocycles. The van der Waals surface area contributed by atoms with E-state index < -0.39 is 0 Å². The molecule has 4 rings (SSSR count). The van der Waals surface area contributed by atoms with E-state index in [9.17, 15) is 9.59 Å². The van der Waals surface area contributed by atoms with Crippen molar-refractivity contribution in [3.8, 4) is 5.69 Å². The number of nitrogens with zero attached hydrogens (tertiary/aromatic N) is 4. The van der Waals surface area contributed by atoms with Crippen molar-refractivity contribution in [1.82, 2.24) is 20.0 Å². The minimum atomic E-state index is -0.201. The SMILES string of the molecule is CC(C)NC(=O)N1Cc2ccccc2N(C(=O)c2ccc(-n3cccn3)cc2Cl)C[C@H]1C. The van der Waals surface area contributed by atoms with Gasteiger partial charge in [-0.2, -0.15) is 5.10 Å². The van der Waals surface area contributed by atoms with Gasteiger partial charge in [0.2, 0.25) is 0 Å². The van der Waals surface area contributed by atoms with Crippen molar-refractivity contribution in [3.63, 3.8) is 0 Å². The Labute approximate surface area is 192 Å². The molecule has 0 radical (unpaired) electrons. The molecule has 7 nitrogen and oxygen atoms in total. The third-order valence-electron chi connectivity index (χ3n) is 5.47. The molecule has 32 heavy (non-hydrogen) atoms. The van der Waals surface area contributed by atoms with E-state index in [-0.39, 0.29) is 24.0 Å². The second-order valence-corrected chi connectivity index (χ2v) is 8.65. The van der Waals surface area contributed by atoms with Gasteiger partial charge in [-0.25, -0.2) is 9.48 Å². The number of benzene rings is 2. The molecule has 2 aromatic carbocycles. The van der Waals surface area contributed by atoms with Crippen LogP contribution < -0.4 is 10.2 Å². The molecule has 0 unspecified atom stereocenters. The van der Waals surface area contributed by atoms with E-state index in [4.69, 9.17) is 11.6 Å². The standard InChI is InChI=1S/C24H26ClN5O2/c1-16(2)27-24(32)28-15-18-7-4-5-8-22(18)29(14-17(28)3)23(31)20-10-9-19(13-21(20)25)30-12-6-11-26-30/h4-13,16-17H,14-15H2,1-3H3,(H,27,32)/t17-/m1/s1. The lowest BCUT2D eigenvalue weighted by Gasteiger charge is -2.30. The van der Waals surface area contributed by atoms with Gasteiger partial charge < -0.3 is 15.1 Å². The van der Waals surface area contributed by atoms with Gasteiger partial charge in [-0.1, -0.05) is 29.8 Å². The molecule has 1 atom stereocenters. The summed E-state index contributed by atoms with van der Waals surface area (Å²) in [4.78, 5) is 29.9. The first-order chi connectivity index (χ1) is 15.3. The molecule has 166 valence electrons. The Kier molecular flexibility index (Phi) is 6.19. The van der Waals surface area contributed by atoms with Crippen molar-refractivity contribution in [2.24, 2.45) is 0 Å². The highest BCUT2D eigenvalue weighted by Crippen LogP contribution is 2.30. The van der Waals surface area contributed by atoms with Crippen LogP contribution in [0.1, 0.15) is 36.7 Å². The predicted octanol–water partition coefficient (Wildman–Crippen LogP) is 4.49. The Hall–Kier alpha value is -3.32. The van der Waals surface area contributed by atoms with E-state index in [0.717, 1.165) is 16.9 Å². The number of hydrogen-bond acceptors (Lipinski definition) is 3. The van der Waals surface area contributed by atoms with Gasteiger partial charge in [-0.05, 0) is 56.7 Å². The Balaban J connectivity index is 1.67. The van der Waals surface area contributed by atoms with Crippen LogP contribution in [0.3, 0.4) is 0 Å². The molecule has 2 heterocycles. The normalized spacial score (nSPS) is 16.0. The lowest BCUT2D eigenvalue weighted by molar-refractivity contribution is 0.0979. The van der Waals surface area contributed by atoms with Crippen LogP contribution in [0.15, 0.2) is 60.9 Å². The van der Waals surface area contributed by atoms with Gasteiger partial charge in [0, 0.05) is 43.3 Å². The summed E-state index contributed by atoms with van der Waals surface area (Å²) < 4.78 is 1.69. The van der Waals surface area contributed by atoms with Gasteiger partial charge >= 0.3 is 6.03 Å². The molecule has 0 saturated carbocycles. The molecule has 0 aliphatic carbocycles. The Morgan fingerprint density at radius 1 is 1.16 bits per heavy atom. The largest absolute Gasteiger partial charge is 0.336 e. The molecule has 3 aromatic rings. The molecule has 3 amide bonds. The van der Waals surface area contributed by atoms with Crippen molar-refractivity contribution in [3.05, 3.63) is 77.1 Å². The summed E-state index contributed by atoms with van der Waals surface area (Å²) >= 11 is 6.54. The summed E-state index contributed by atoms with van der Waals surface area (Å²) in [5, 5.41) is 7.52. The number of hydrogen-bond donors (Lipinski definition) is 1. The number of carbonyl (C=O) groups is 2. The van der Waals surface area contributed by atoms with E-state index in [1.54, 1.807) is 32.8 Å². The summed E-state index contributed by atoms with van der Waals surface area (Å²) in [6.45, 7) is 6.59. The molecule has 0 spiro atoms. The third kappa shape index (κ3) is 4.34. The highest BCUT2D eigenvalue weighted by atomic mass is 35.5. The number of para-hydroxylation sites is 1. The number of nitrogens with one attached hydrogen (secondary N) is 1. The smallest absolute Gasteiger partial charge is 0.318 e. The van der Waals surface area contributed by atoms with Gasteiger partial charge in [0.1, 0.15) is 0 Å². The second kappa shape index (κ2) is 9.04. The molecule has 8 heteroatoms. The number of fused-ring (bicyclic) bond motifs is 1. The summed E-state index contributed by atoms with van der Waals surface area (Å²) in [6.07, 6.45) is 3.50. The maximum absolute atomic E-state index is 13.6. The van der Waals surface area contributed by atoms with Gasteiger partial charge in [-0.3, -0.25) is 4.79 Å². The first kappa shape index (κ1) is 21.9. The van der Waals surface area contributed by atoms with E-state index in [1.165, 1.54) is 0 Å². The first-order valence-electron chi connectivity index (χ1n) is 10.6. The zero-order valence-corrected chi connectivity index (χ0v) is 19.1. The zero-order valence-electron chi connectivity index (χ0n) is 18.3. The number of amides is 3. The Morgan fingerprint density at radius 2 is 1.94 bits per heavy atom. The molecular weight excluding hydrogens is 426 g/mol. The van der Waals surface area contributed by atoms with Crippen molar-refractivity contribution in [1.29, 1.82) is 0 Å². The minimum Gasteiger partial charge on any atom is -0.336 e. The summed E-state index contributed by atoms with van der Waals surface area (Å²) in [5.74, 6) is -0.201. The number of aromatic nitrogens is 2. The molecule has 1 N–H and O–H groups in total.